The lowest BCUT2D eigenvalue weighted by Crippen LogP contribution is -2.43. The molecular weight excluding hydrogens is 382 g/mol. The summed E-state index contributed by atoms with van der Waals surface area (Å²) in [5.41, 5.74) is 0. The van der Waals surface area contributed by atoms with Gasteiger partial charge in [0.05, 0.1) is 4.90 Å². The molecule has 2 bridgehead atoms. The molecule has 3 rings (SSSR count). The van der Waals surface area contributed by atoms with Crippen molar-refractivity contribution in [3.8, 4) is 0 Å². The Hall–Kier alpha value is -1.74. The molecule has 0 amide bonds. The van der Waals surface area contributed by atoms with Gasteiger partial charge in [-0.15, -0.1) is 0 Å². The van der Waals surface area contributed by atoms with Gasteiger partial charge in [0.25, 0.3) is 0 Å². The van der Waals surface area contributed by atoms with Crippen LogP contribution in [0.1, 0.15) is 44.9 Å². The second-order valence-electron chi connectivity index (χ2n) is 7.45. The number of carboxylic acid groups (broad SMARTS) is 1. The first-order valence-electron chi connectivity index (χ1n) is 9.41. The first-order valence-corrected chi connectivity index (χ1v) is 10.9. The molecule has 0 aromatic heterocycles. The summed E-state index contributed by atoms with van der Waals surface area (Å²) in [7, 11) is -3.49. The molecule has 0 unspecified atom stereocenters. The van der Waals surface area contributed by atoms with Gasteiger partial charge in [-0.1, -0.05) is 30.4 Å². The summed E-state index contributed by atoms with van der Waals surface area (Å²) in [6, 6.07) is 8.57. The standard InChI is InChI=1S/C20H27NO4S.2H2O/c22-19(23)11-7-2-1-6-10-18-15-12-13-16(14-15)20(18)21-26(24,25)17-8-4-3-5-9-17;;/h1,3-6,8-9,15-16,18,20-21H,2,7,10-14H2,(H,22,23);2*1H2/t15-,16+,18+,20+;;/m1../s1. The summed E-state index contributed by atoms with van der Waals surface area (Å²) in [5.74, 6) is 0.598. The van der Waals surface area contributed by atoms with Gasteiger partial charge < -0.3 is 16.1 Å². The number of benzene rings is 1. The Morgan fingerprint density at radius 3 is 2.46 bits per heavy atom. The summed E-state index contributed by atoms with van der Waals surface area (Å²) < 4.78 is 28.4. The van der Waals surface area contributed by atoms with Gasteiger partial charge in [0.2, 0.25) is 10.0 Å². The molecule has 0 saturated heterocycles. The summed E-state index contributed by atoms with van der Waals surface area (Å²) in [5, 5.41) is 8.66. The lowest BCUT2D eigenvalue weighted by molar-refractivity contribution is -0.137. The lowest BCUT2D eigenvalue weighted by atomic mass is 9.83. The fourth-order valence-corrected chi connectivity index (χ4v) is 5.90. The SMILES string of the molecule is O.O.O=C(O)CCCC=CC[C@H]1[C@@H]2CC[C@@H](C2)[C@@H]1NS(=O)(=O)c1ccccc1. The van der Waals surface area contributed by atoms with E-state index in [4.69, 9.17) is 5.11 Å². The number of carboxylic acids is 1. The number of rotatable bonds is 9. The van der Waals surface area contributed by atoms with E-state index in [2.05, 4.69) is 10.8 Å². The molecule has 2 saturated carbocycles. The predicted molar refractivity (Wildman–Crippen MR) is 107 cm³/mol. The fraction of sp³-hybridized carbons (Fsp3) is 0.550. The van der Waals surface area contributed by atoms with E-state index in [0.717, 1.165) is 25.7 Å². The number of aliphatic carboxylic acids is 1. The van der Waals surface area contributed by atoms with Crippen molar-refractivity contribution in [2.75, 3.05) is 0 Å². The molecule has 0 radical (unpaired) electrons. The van der Waals surface area contributed by atoms with Crippen LogP contribution in [0.2, 0.25) is 0 Å². The van der Waals surface area contributed by atoms with Crippen molar-refractivity contribution in [2.45, 2.75) is 55.9 Å². The van der Waals surface area contributed by atoms with Crippen molar-refractivity contribution < 1.29 is 29.3 Å². The highest BCUT2D eigenvalue weighted by molar-refractivity contribution is 7.89. The van der Waals surface area contributed by atoms with Crippen molar-refractivity contribution in [3.63, 3.8) is 0 Å². The molecular formula is C20H31NO6S. The zero-order valence-electron chi connectivity index (χ0n) is 15.9. The van der Waals surface area contributed by atoms with E-state index >= 15 is 0 Å². The van der Waals surface area contributed by atoms with E-state index in [9.17, 15) is 13.2 Å². The molecule has 28 heavy (non-hydrogen) atoms. The first kappa shape index (κ1) is 24.3. The number of unbranched alkanes of at least 4 members (excludes halogenated alkanes) is 1. The van der Waals surface area contributed by atoms with Crippen LogP contribution in [0.15, 0.2) is 47.4 Å². The average Bonchev–Trinajstić information content (AvgIpc) is 3.20. The van der Waals surface area contributed by atoms with E-state index in [0.29, 0.717) is 29.1 Å². The molecule has 0 aliphatic heterocycles. The van der Waals surface area contributed by atoms with Crippen LogP contribution in [-0.2, 0) is 14.8 Å². The van der Waals surface area contributed by atoms with Crippen LogP contribution >= 0.6 is 0 Å². The van der Waals surface area contributed by atoms with E-state index in [-0.39, 0.29) is 23.4 Å². The highest BCUT2D eigenvalue weighted by atomic mass is 32.2. The van der Waals surface area contributed by atoms with Crippen LogP contribution in [0.4, 0.5) is 0 Å². The topological polar surface area (TPSA) is 146 Å². The zero-order chi connectivity index (χ0) is 18.6. The number of carbonyl (C=O) groups is 1. The number of fused-ring (bicyclic) bond motifs is 2. The van der Waals surface area contributed by atoms with Gasteiger partial charge in [-0.3, -0.25) is 4.79 Å². The Morgan fingerprint density at radius 2 is 1.79 bits per heavy atom. The molecule has 1 aromatic rings. The molecule has 6 N–H and O–H groups in total. The Morgan fingerprint density at radius 1 is 1.11 bits per heavy atom. The molecule has 0 spiro atoms. The molecule has 2 aliphatic rings. The van der Waals surface area contributed by atoms with Crippen LogP contribution in [0.5, 0.6) is 0 Å². The number of hydrogen-bond donors (Lipinski definition) is 2. The van der Waals surface area contributed by atoms with E-state index < -0.39 is 16.0 Å². The third-order valence-corrected chi connectivity index (χ3v) is 7.24. The molecule has 0 heterocycles. The van der Waals surface area contributed by atoms with E-state index in [1.807, 2.05) is 12.1 Å². The largest absolute Gasteiger partial charge is 0.481 e. The minimum absolute atomic E-state index is 0. The van der Waals surface area contributed by atoms with Gasteiger partial charge in [0.15, 0.2) is 0 Å². The van der Waals surface area contributed by atoms with Crippen LogP contribution < -0.4 is 4.72 Å². The van der Waals surface area contributed by atoms with Crippen molar-refractivity contribution in [1.29, 1.82) is 0 Å². The van der Waals surface area contributed by atoms with Crippen molar-refractivity contribution in [2.24, 2.45) is 17.8 Å². The quantitative estimate of drug-likeness (QED) is 0.470. The lowest BCUT2D eigenvalue weighted by Gasteiger charge is -2.31. The van der Waals surface area contributed by atoms with Crippen molar-refractivity contribution in [1.82, 2.24) is 4.72 Å². The highest BCUT2D eigenvalue weighted by Gasteiger charge is 2.48. The number of nitrogens with one attached hydrogen (secondary N) is 1. The predicted octanol–water partition coefficient (Wildman–Crippen LogP) is 1.93. The van der Waals surface area contributed by atoms with Crippen LogP contribution in [0.25, 0.3) is 0 Å². The van der Waals surface area contributed by atoms with Crippen LogP contribution in [0.3, 0.4) is 0 Å². The normalized spacial score (nSPS) is 26.0. The smallest absolute Gasteiger partial charge is 0.303 e. The Kier molecular flexibility index (Phi) is 9.29. The van der Waals surface area contributed by atoms with Gasteiger partial charge in [-0.05, 0) is 68.4 Å². The molecule has 158 valence electrons. The first-order chi connectivity index (χ1) is 12.5. The summed E-state index contributed by atoms with van der Waals surface area (Å²) >= 11 is 0. The summed E-state index contributed by atoms with van der Waals surface area (Å²) in [4.78, 5) is 10.9. The molecule has 7 nitrogen and oxygen atoms in total. The maximum atomic E-state index is 12.7. The second-order valence-corrected chi connectivity index (χ2v) is 9.16. The number of hydrogen-bond acceptors (Lipinski definition) is 3. The Balaban J connectivity index is 0.00000196. The van der Waals surface area contributed by atoms with E-state index in [1.54, 1.807) is 24.3 Å². The Labute approximate surface area is 166 Å². The maximum absolute atomic E-state index is 12.7. The van der Waals surface area contributed by atoms with Gasteiger partial charge >= 0.3 is 5.97 Å². The minimum Gasteiger partial charge on any atom is -0.481 e. The van der Waals surface area contributed by atoms with Gasteiger partial charge in [0, 0.05) is 12.5 Å². The number of sulfonamides is 1. The molecule has 1 aromatic carbocycles. The molecule has 2 aliphatic carbocycles. The van der Waals surface area contributed by atoms with E-state index in [1.165, 1.54) is 6.42 Å². The fourth-order valence-electron chi connectivity index (χ4n) is 4.52. The van der Waals surface area contributed by atoms with Crippen LogP contribution in [0, 0.1) is 17.8 Å². The average molecular weight is 414 g/mol. The third-order valence-electron chi connectivity index (χ3n) is 5.77. The monoisotopic (exact) mass is 413 g/mol. The van der Waals surface area contributed by atoms with Crippen LogP contribution in [-0.4, -0.2) is 36.5 Å². The highest BCUT2D eigenvalue weighted by Crippen LogP contribution is 2.50. The zero-order valence-corrected chi connectivity index (χ0v) is 16.7. The van der Waals surface area contributed by atoms with Gasteiger partial charge in [0.1, 0.15) is 0 Å². The van der Waals surface area contributed by atoms with Gasteiger partial charge in [-0.25, -0.2) is 13.1 Å². The maximum Gasteiger partial charge on any atom is 0.303 e. The minimum atomic E-state index is -3.49. The molecule has 2 fully saturated rings. The third kappa shape index (κ3) is 5.88. The molecule has 8 heteroatoms. The van der Waals surface area contributed by atoms with Gasteiger partial charge in [-0.2, -0.15) is 0 Å². The Bertz CT molecular complexity index is 749. The molecule has 4 atom stereocenters. The van der Waals surface area contributed by atoms with Crippen molar-refractivity contribution in [3.05, 3.63) is 42.5 Å². The number of allylic oxidation sites excluding steroid dienone is 2. The van der Waals surface area contributed by atoms with Crippen molar-refractivity contribution >= 4 is 16.0 Å². The second kappa shape index (κ2) is 10.7. The summed E-state index contributed by atoms with van der Waals surface area (Å²) in [6.07, 6.45) is 10.00. The summed E-state index contributed by atoms with van der Waals surface area (Å²) in [6.45, 7) is 0.